The second kappa shape index (κ2) is 18.0. The minimum absolute atomic E-state index is 0.0805. The van der Waals surface area contributed by atoms with Crippen LogP contribution in [0.15, 0.2) is 60.8 Å². The average Bonchev–Trinajstić information content (AvgIpc) is 2.98. The van der Waals surface area contributed by atoms with E-state index in [1.165, 1.54) is 31.2 Å². The highest BCUT2D eigenvalue weighted by atomic mass is 16.5. The Morgan fingerprint density at radius 2 is 1.51 bits per heavy atom. The molecule has 0 bridgehead atoms. The van der Waals surface area contributed by atoms with E-state index in [-0.39, 0.29) is 5.78 Å². The van der Waals surface area contributed by atoms with E-state index >= 15 is 0 Å². The van der Waals surface area contributed by atoms with Crippen molar-refractivity contribution in [2.75, 3.05) is 20.3 Å². The lowest BCUT2D eigenvalue weighted by atomic mass is 9.89. The number of hydrogen-bond acceptors (Lipinski definition) is 5. The standard InChI is InChI=1S/C24H26O2.C7H14N2O2.C2H6/c1-19(25)24-13-11-23(12-14-24)10-9-22-7-5-20(6-8-22)3-2-4-21-15-17-26-18-16-21;1-5(8-4)7(2,3)6(10)9-11;1-2/h5-8,11-14,21H,2-4,15-18H2,1H3;8,11H,1H2,2-4H3,(H,9,10);1-2H3. The molecule has 0 spiro atoms. The molecule has 1 aliphatic heterocycles. The first kappa shape index (κ1) is 33.6. The first-order valence-electron chi connectivity index (χ1n) is 13.8. The number of amides is 1. The first-order valence-corrected chi connectivity index (χ1v) is 13.8. The van der Waals surface area contributed by atoms with Gasteiger partial charge in [0.2, 0.25) is 0 Å². The molecule has 6 heteroatoms. The zero-order valence-corrected chi connectivity index (χ0v) is 24.5. The Kier molecular flexibility index (Phi) is 15.5. The van der Waals surface area contributed by atoms with Gasteiger partial charge in [-0.05, 0) is 88.6 Å². The molecule has 39 heavy (non-hydrogen) atoms. The Balaban J connectivity index is 0.000000495. The Morgan fingerprint density at radius 1 is 1.00 bits per heavy atom. The van der Waals surface area contributed by atoms with Crippen molar-refractivity contribution in [3.8, 4) is 11.8 Å². The average molecular weight is 535 g/mol. The smallest absolute Gasteiger partial charge is 0.254 e. The molecular formula is C33H46N2O4. The number of carbonyl (C=O) groups excluding carboxylic acids is 2. The molecule has 2 aromatic rings. The molecule has 3 rings (SSSR count). The summed E-state index contributed by atoms with van der Waals surface area (Å²) in [5, 5.41) is 11.1. The SMILES string of the molecule is C=C(NC)C(C)(C)C(=O)NO.CC.CC(=O)c1ccc(C#Cc2ccc(CCCC3CCOCC3)cc2)cc1. The van der Waals surface area contributed by atoms with E-state index in [2.05, 4.69) is 48.0 Å². The van der Waals surface area contributed by atoms with E-state index in [1.807, 2.05) is 38.1 Å². The zero-order valence-electron chi connectivity index (χ0n) is 24.5. The summed E-state index contributed by atoms with van der Waals surface area (Å²) >= 11 is 0. The van der Waals surface area contributed by atoms with Crippen LogP contribution in [0.2, 0.25) is 0 Å². The third-order valence-corrected chi connectivity index (χ3v) is 6.74. The monoisotopic (exact) mass is 534 g/mol. The van der Waals surface area contributed by atoms with Gasteiger partial charge in [-0.2, -0.15) is 0 Å². The fraction of sp³-hybridized carbons (Fsp3) is 0.455. The maximum absolute atomic E-state index is 11.3. The molecule has 0 unspecified atom stereocenters. The van der Waals surface area contributed by atoms with Gasteiger partial charge in [0.1, 0.15) is 0 Å². The number of carbonyl (C=O) groups is 2. The van der Waals surface area contributed by atoms with Crippen molar-refractivity contribution in [3.63, 3.8) is 0 Å². The fourth-order valence-electron chi connectivity index (χ4n) is 3.91. The van der Waals surface area contributed by atoms with Crippen molar-refractivity contribution in [1.82, 2.24) is 10.8 Å². The van der Waals surface area contributed by atoms with E-state index in [4.69, 9.17) is 9.94 Å². The van der Waals surface area contributed by atoms with E-state index in [9.17, 15) is 9.59 Å². The van der Waals surface area contributed by atoms with Crippen molar-refractivity contribution in [1.29, 1.82) is 0 Å². The van der Waals surface area contributed by atoms with Crippen molar-refractivity contribution < 1.29 is 19.5 Å². The number of hydrogen-bond donors (Lipinski definition) is 3. The molecule has 1 fully saturated rings. The summed E-state index contributed by atoms with van der Waals surface area (Å²) in [6.45, 7) is 14.4. The third-order valence-electron chi connectivity index (χ3n) is 6.74. The largest absolute Gasteiger partial charge is 0.391 e. The van der Waals surface area contributed by atoms with Gasteiger partial charge in [-0.25, -0.2) is 5.48 Å². The van der Waals surface area contributed by atoms with Gasteiger partial charge in [0.15, 0.2) is 5.78 Å². The minimum atomic E-state index is -0.788. The number of benzene rings is 2. The molecular weight excluding hydrogens is 488 g/mol. The summed E-state index contributed by atoms with van der Waals surface area (Å²) in [6.07, 6.45) is 6.14. The maximum atomic E-state index is 11.3. The summed E-state index contributed by atoms with van der Waals surface area (Å²) in [6, 6.07) is 16.0. The molecule has 6 nitrogen and oxygen atoms in total. The molecule has 1 heterocycles. The van der Waals surface area contributed by atoms with Crippen molar-refractivity contribution >= 4 is 11.7 Å². The summed E-state index contributed by atoms with van der Waals surface area (Å²) in [4.78, 5) is 22.3. The van der Waals surface area contributed by atoms with E-state index in [1.54, 1.807) is 33.3 Å². The molecule has 1 saturated heterocycles. The topological polar surface area (TPSA) is 87.7 Å². The van der Waals surface area contributed by atoms with Crippen LogP contribution in [0.25, 0.3) is 0 Å². The minimum Gasteiger partial charge on any atom is -0.391 e. The number of ether oxygens (including phenoxy) is 1. The van der Waals surface area contributed by atoms with Crippen LogP contribution < -0.4 is 10.8 Å². The number of aryl methyl sites for hydroxylation is 1. The van der Waals surface area contributed by atoms with Gasteiger partial charge >= 0.3 is 0 Å². The van der Waals surface area contributed by atoms with Gasteiger partial charge < -0.3 is 10.1 Å². The molecule has 3 N–H and O–H groups in total. The van der Waals surface area contributed by atoms with E-state index in [0.29, 0.717) is 5.70 Å². The van der Waals surface area contributed by atoms with Crippen molar-refractivity contribution in [3.05, 3.63) is 83.1 Å². The lowest BCUT2D eigenvalue weighted by Crippen LogP contribution is -2.39. The summed E-state index contributed by atoms with van der Waals surface area (Å²) in [5.41, 5.74) is 5.41. The van der Waals surface area contributed by atoms with Crippen LogP contribution in [0.1, 0.15) is 87.4 Å². The lowest BCUT2D eigenvalue weighted by Gasteiger charge is -2.23. The molecule has 1 amide bonds. The second-order valence-electron chi connectivity index (χ2n) is 9.82. The highest BCUT2D eigenvalue weighted by Gasteiger charge is 2.29. The van der Waals surface area contributed by atoms with Gasteiger partial charge in [0, 0.05) is 42.6 Å². The zero-order chi connectivity index (χ0) is 29.3. The van der Waals surface area contributed by atoms with Crippen LogP contribution in [-0.2, 0) is 16.0 Å². The van der Waals surface area contributed by atoms with Gasteiger partial charge in [0.05, 0.1) is 5.41 Å². The first-order chi connectivity index (χ1) is 18.7. The Bertz CT molecular complexity index is 1070. The van der Waals surface area contributed by atoms with Crippen LogP contribution in [0.4, 0.5) is 0 Å². The van der Waals surface area contributed by atoms with Gasteiger partial charge in [0.25, 0.3) is 5.91 Å². The van der Waals surface area contributed by atoms with Crippen molar-refractivity contribution in [2.45, 2.75) is 66.7 Å². The summed E-state index contributed by atoms with van der Waals surface area (Å²) in [7, 11) is 1.68. The van der Waals surface area contributed by atoms with E-state index in [0.717, 1.165) is 42.2 Å². The summed E-state index contributed by atoms with van der Waals surface area (Å²) < 4.78 is 5.42. The normalized spacial score (nSPS) is 12.8. The van der Waals surface area contributed by atoms with Crippen LogP contribution in [-0.4, -0.2) is 37.2 Å². The van der Waals surface area contributed by atoms with Crippen LogP contribution in [0.5, 0.6) is 0 Å². The van der Waals surface area contributed by atoms with Crippen LogP contribution in [0.3, 0.4) is 0 Å². The number of hydroxylamine groups is 1. The molecule has 212 valence electrons. The van der Waals surface area contributed by atoms with Gasteiger partial charge in [-0.1, -0.05) is 56.5 Å². The molecule has 0 saturated carbocycles. The highest BCUT2D eigenvalue weighted by molar-refractivity contribution is 5.94. The van der Waals surface area contributed by atoms with E-state index < -0.39 is 11.3 Å². The lowest BCUT2D eigenvalue weighted by molar-refractivity contribution is -0.136. The van der Waals surface area contributed by atoms with Crippen LogP contribution >= 0.6 is 0 Å². The second-order valence-corrected chi connectivity index (χ2v) is 9.82. The number of rotatable bonds is 8. The quantitative estimate of drug-likeness (QED) is 0.160. The predicted molar refractivity (Wildman–Crippen MR) is 159 cm³/mol. The molecule has 0 aromatic heterocycles. The fourth-order valence-corrected chi connectivity index (χ4v) is 3.91. The third kappa shape index (κ3) is 11.9. The molecule has 2 aromatic carbocycles. The Labute approximate surface area is 235 Å². The van der Waals surface area contributed by atoms with Crippen LogP contribution in [0, 0.1) is 23.2 Å². The predicted octanol–water partition coefficient (Wildman–Crippen LogP) is 6.32. The number of ketones is 1. The number of Topliss-reactive ketones (excluding diaryl/α,β-unsaturated/α-hetero) is 1. The highest BCUT2D eigenvalue weighted by Crippen LogP contribution is 2.22. The number of nitrogens with one attached hydrogen (secondary N) is 2. The molecule has 1 aliphatic rings. The van der Waals surface area contributed by atoms with Gasteiger partial charge in [-0.15, -0.1) is 0 Å². The Morgan fingerprint density at radius 3 is 1.97 bits per heavy atom. The molecule has 0 radical (unpaired) electrons. The Hall–Kier alpha value is -3.40. The maximum Gasteiger partial charge on any atom is 0.254 e. The molecule has 0 atom stereocenters. The summed E-state index contributed by atoms with van der Waals surface area (Å²) in [5.74, 6) is 6.81. The van der Waals surface area contributed by atoms with Gasteiger partial charge in [-0.3, -0.25) is 14.8 Å². The molecule has 0 aliphatic carbocycles. The van der Waals surface area contributed by atoms with Crippen molar-refractivity contribution in [2.24, 2.45) is 11.3 Å².